The van der Waals surface area contributed by atoms with Crippen LogP contribution in [0.5, 0.6) is 17.2 Å². The number of carbonyl (C=O) groups is 2. The summed E-state index contributed by atoms with van der Waals surface area (Å²) in [6.45, 7) is 4.27. The van der Waals surface area contributed by atoms with Gasteiger partial charge in [0.2, 0.25) is 0 Å². The summed E-state index contributed by atoms with van der Waals surface area (Å²) in [4.78, 5) is 29.7. The zero-order chi connectivity index (χ0) is 24.0. The molecule has 0 aliphatic heterocycles. The maximum absolute atomic E-state index is 12.7. The summed E-state index contributed by atoms with van der Waals surface area (Å²) >= 11 is 1.25. The Morgan fingerprint density at radius 2 is 1.76 bits per heavy atom. The highest BCUT2D eigenvalue weighted by Crippen LogP contribution is 2.23. The summed E-state index contributed by atoms with van der Waals surface area (Å²) in [6.07, 6.45) is 0.697. The highest BCUT2D eigenvalue weighted by molar-refractivity contribution is 7.17. The summed E-state index contributed by atoms with van der Waals surface area (Å²) in [5.41, 5.74) is 1.71. The minimum atomic E-state index is -0.477. The van der Waals surface area contributed by atoms with Gasteiger partial charge in [0.1, 0.15) is 22.1 Å². The van der Waals surface area contributed by atoms with Gasteiger partial charge in [0.05, 0.1) is 5.69 Å². The zero-order valence-corrected chi connectivity index (χ0v) is 19.1. The molecule has 0 spiro atoms. The summed E-state index contributed by atoms with van der Waals surface area (Å²) in [5, 5.41) is 37.8. The Hall–Kier alpha value is -3.79. The molecule has 9 nitrogen and oxygen atoms in total. The molecular weight excluding hydrogens is 444 g/mol. The number of amides is 2. The maximum Gasteiger partial charge on any atom is 0.263 e. The molecule has 33 heavy (non-hydrogen) atoms. The molecule has 1 heterocycles. The first-order chi connectivity index (χ1) is 15.7. The first-order valence-electron chi connectivity index (χ1n) is 10.3. The number of phenols is 3. The fourth-order valence-electron chi connectivity index (χ4n) is 3.12. The molecule has 0 radical (unpaired) electrons. The molecule has 2 amide bonds. The van der Waals surface area contributed by atoms with Crippen LogP contribution in [0.25, 0.3) is 0 Å². The number of aryl methyl sites for hydroxylation is 1. The lowest BCUT2D eigenvalue weighted by molar-refractivity contribution is 0.0914. The van der Waals surface area contributed by atoms with Crippen LogP contribution in [0, 0.1) is 6.92 Å². The summed E-state index contributed by atoms with van der Waals surface area (Å²) in [5.74, 6) is -0.971. The van der Waals surface area contributed by atoms with E-state index in [1.165, 1.54) is 23.5 Å². The van der Waals surface area contributed by atoms with Crippen LogP contribution in [-0.2, 0) is 6.42 Å². The molecule has 3 aromatic rings. The number of thiazole rings is 1. The lowest BCUT2D eigenvalue weighted by Crippen LogP contribution is -2.41. The van der Waals surface area contributed by atoms with Gasteiger partial charge in [0.15, 0.2) is 5.13 Å². The minimum absolute atomic E-state index is 0.116. The number of hydrogen-bond acceptors (Lipinski definition) is 8. The molecule has 0 saturated carbocycles. The molecule has 0 saturated heterocycles. The van der Waals surface area contributed by atoms with Gasteiger partial charge in [-0.05, 0) is 50.1 Å². The normalized spacial score (nSPS) is 11.6. The van der Waals surface area contributed by atoms with Crippen molar-refractivity contribution in [1.82, 2.24) is 15.6 Å². The van der Waals surface area contributed by atoms with E-state index in [0.717, 1.165) is 11.6 Å². The number of anilines is 1. The van der Waals surface area contributed by atoms with Crippen molar-refractivity contribution in [2.45, 2.75) is 26.3 Å². The molecule has 10 heteroatoms. The number of aromatic hydroxyl groups is 3. The van der Waals surface area contributed by atoms with E-state index in [1.807, 2.05) is 6.07 Å². The summed E-state index contributed by atoms with van der Waals surface area (Å²) < 4.78 is 0. The van der Waals surface area contributed by atoms with Crippen LogP contribution in [0.1, 0.15) is 38.2 Å². The smallest absolute Gasteiger partial charge is 0.263 e. The largest absolute Gasteiger partial charge is 0.508 e. The van der Waals surface area contributed by atoms with Crippen LogP contribution in [0.2, 0.25) is 0 Å². The van der Waals surface area contributed by atoms with Crippen molar-refractivity contribution in [1.29, 1.82) is 0 Å². The van der Waals surface area contributed by atoms with E-state index in [-0.39, 0.29) is 41.3 Å². The maximum atomic E-state index is 12.7. The number of benzene rings is 2. The van der Waals surface area contributed by atoms with E-state index in [1.54, 1.807) is 32.0 Å². The molecule has 0 bridgehead atoms. The van der Waals surface area contributed by atoms with Crippen molar-refractivity contribution in [2.75, 3.05) is 18.4 Å². The fourth-order valence-corrected chi connectivity index (χ4v) is 4.02. The second kappa shape index (κ2) is 10.7. The van der Waals surface area contributed by atoms with Crippen LogP contribution in [0.15, 0.2) is 42.5 Å². The minimum Gasteiger partial charge on any atom is -0.508 e. The Labute approximate surface area is 195 Å². The Balaban J connectivity index is 1.49. The quantitative estimate of drug-likeness (QED) is 0.282. The third-order valence-electron chi connectivity index (χ3n) is 4.71. The highest BCUT2D eigenvalue weighted by atomic mass is 32.1. The number of nitrogens with one attached hydrogen (secondary N) is 3. The summed E-state index contributed by atoms with van der Waals surface area (Å²) in [6, 6.07) is 10.3. The fraction of sp³-hybridized carbons (Fsp3) is 0.261. The van der Waals surface area contributed by atoms with Gasteiger partial charge in [-0.15, -0.1) is 0 Å². The molecule has 1 atom stereocenters. The Morgan fingerprint density at radius 1 is 1.03 bits per heavy atom. The molecule has 3 rings (SSSR count). The van der Waals surface area contributed by atoms with E-state index >= 15 is 0 Å². The average Bonchev–Trinajstić information content (AvgIpc) is 3.12. The molecule has 1 unspecified atom stereocenters. The number of hydrogen-bond donors (Lipinski definition) is 6. The molecule has 6 N–H and O–H groups in total. The predicted octanol–water partition coefficient (Wildman–Crippen LogP) is 2.77. The predicted molar refractivity (Wildman–Crippen MR) is 126 cm³/mol. The van der Waals surface area contributed by atoms with E-state index in [9.17, 15) is 24.9 Å². The van der Waals surface area contributed by atoms with Gasteiger partial charge in [-0.25, -0.2) is 4.98 Å². The van der Waals surface area contributed by atoms with Crippen molar-refractivity contribution in [2.24, 2.45) is 0 Å². The number of phenolic OH excluding ortho intramolecular Hbond substituents is 3. The second-order valence-corrected chi connectivity index (χ2v) is 8.60. The first kappa shape index (κ1) is 23.9. The van der Waals surface area contributed by atoms with Crippen molar-refractivity contribution >= 4 is 28.3 Å². The molecular formula is C23H26N4O5S. The Kier molecular flexibility index (Phi) is 7.73. The van der Waals surface area contributed by atoms with Gasteiger partial charge >= 0.3 is 0 Å². The van der Waals surface area contributed by atoms with Crippen molar-refractivity contribution in [3.05, 3.63) is 64.2 Å². The molecule has 2 aromatic carbocycles. The monoisotopic (exact) mass is 470 g/mol. The van der Waals surface area contributed by atoms with Crippen LogP contribution in [-0.4, -0.2) is 51.2 Å². The average molecular weight is 471 g/mol. The van der Waals surface area contributed by atoms with Gasteiger partial charge in [-0.2, -0.15) is 0 Å². The zero-order valence-electron chi connectivity index (χ0n) is 18.3. The molecule has 174 valence electrons. The standard InChI is InChI=1S/C23H26N4O5S/c1-13(12-25-21(31)16-9-18(29)11-19(30)10-16)26-22(32)20-14(2)27-23(33-20)24-7-6-15-4-3-5-17(28)8-15/h3-5,8-11,13,28-30H,6-7,12H2,1-2H3,(H,24,27)(H,25,31)(H,26,32). The third-order valence-corrected chi connectivity index (χ3v) is 5.83. The van der Waals surface area contributed by atoms with E-state index < -0.39 is 5.91 Å². The Morgan fingerprint density at radius 3 is 2.45 bits per heavy atom. The van der Waals surface area contributed by atoms with Crippen LogP contribution in [0.3, 0.4) is 0 Å². The molecule has 0 aliphatic carbocycles. The van der Waals surface area contributed by atoms with Gasteiger partial charge in [0, 0.05) is 30.8 Å². The van der Waals surface area contributed by atoms with Crippen LogP contribution in [0.4, 0.5) is 5.13 Å². The van der Waals surface area contributed by atoms with Crippen LogP contribution < -0.4 is 16.0 Å². The Bertz CT molecular complexity index is 1130. The van der Waals surface area contributed by atoms with Gasteiger partial charge in [-0.3, -0.25) is 9.59 Å². The van der Waals surface area contributed by atoms with Gasteiger partial charge in [-0.1, -0.05) is 23.5 Å². The lowest BCUT2D eigenvalue weighted by Gasteiger charge is -2.14. The van der Waals surface area contributed by atoms with Gasteiger partial charge < -0.3 is 31.3 Å². The van der Waals surface area contributed by atoms with Crippen molar-refractivity contribution < 1.29 is 24.9 Å². The molecule has 0 aliphatic rings. The number of rotatable bonds is 9. The SMILES string of the molecule is Cc1nc(NCCc2cccc(O)c2)sc1C(=O)NC(C)CNC(=O)c1cc(O)cc(O)c1. The van der Waals surface area contributed by atoms with E-state index in [0.29, 0.717) is 28.7 Å². The number of nitrogens with zero attached hydrogens (tertiary/aromatic N) is 1. The number of carbonyl (C=O) groups excluding carboxylic acids is 2. The number of aromatic nitrogens is 1. The van der Waals surface area contributed by atoms with E-state index in [2.05, 4.69) is 20.9 Å². The van der Waals surface area contributed by atoms with Crippen molar-refractivity contribution in [3.8, 4) is 17.2 Å². The van der Waals surface area contributed by atoms with Gasteiger partial charge in [0.25, 0.3) is 11.8 Å². The summed E-state index contributed by atoms with van der Waals surface area (Å²) in [7, 11) is 0. The van der Waals surface area contributed by atoms with Crippen LogP contribution >= 0.6 is 11.3 Å². The second-order valence-electron chi connectivity index (χ2n) is 7.60. The lowest BCUT2D eigenvalue weighted by atomic mass is 10.1. The first-order valence-corrected chi connectivity index (χ1v) is 11.1. The molecule has 0 fully saturated rings. The third kappa shape index (κ3) is 6.84. The van der Waals surface area contributed by atoms with Crippen molar-refractivity contribution in [3.63, 3.8) is 0 Å². The topological polar surface area (TPSA) is 144 Å². The highest BCUT2D eigenvalue weighted by Gasteiger charge is 2.18. The molecule has 1 aromatic heterocycles. The van der Waals surface area contributed by atoms with E-state index in [4.69, 9.17) is 0 Å².